The van der Waals surface area contributed by atoms with Crippen LogP contribution in [-0.4, -0.2) is 5.78 Å². The highest BCUT2D eigenvalue weighted by atomic mass is 16.1. The summed E-state index contributed by atoms with van der Waals surface area (Å²) in [4.78, 5) is 11.7. The predicted molar refractivity (Wildman–Crippen MR) is 62.5 cm³/mol. The second-order valence-corrected chi connectivity index (χ2v) is 3.48. The highest BCUT2D eigenvalue weighted by Crippen LogP contribution is 2.31. The summed E-state index contributed by atoms with van der Waals surface area (Å²) < 4.78 is 0. The number of nitriles is 2. The maximum absolute atomic E-state index is 11.7. The number of benzene rings is 1. The Labute approximate surface area is 97.9 Å². The van der Waals surface area contributed by atoms with Crippen LogP contribution in [0.15, 0.2) is 35.9 Å². The molecule has 0 heterocycles. The molecule has 0 saturated heterocycles. The zero-order chi connectivity index (χ0) is 12.4. The summed E-state index contributed by atoms with van der Waals surface area (Å²) in [6, 6.07) is 8.61. The molecule has 0 unspecified atom stereocenters. The van der Waals surface area contributed by atoms with Gasteiger partial charge in [0.25, 0.3) is 0 Å². The third kappa shape index (κ3) is 1.58. The number of nitrogen functional groups attached to an aromatic ring is 1. The normalized spacial score (nSPS) is 12.6. The maximum Gasteiger partial charge on any atom is 0.188 e. The van der Waals surface area contributed by atoms with Crippen LogP contribution >= 0.6 is 0 Å². The van der Waals surface area contributed by atoms with Crippen molar-refractivity contribution in [1.29, 1.82) is 10.5 Å². The maximum atomic E-state index is 11.7. The van der Waals surface area contributed by atoms with E-state index in [9.17, 15) is 4.79 Å². The Morgan fingerprint density at radius 3 is 2.53 bits per heavy atom. The number of anilines is 1. The monoisotopic (exact) mass is 221 g/mol. The van der Waals surface area contributed by atoms with E-state index >= 15 is 0 Å². The van der Waals surface area contributed by atoms with Gasteiger partial charge in [-0.25, -0.2) is 0 Å². The van der Waals surface area contributed by atoms with Crippen molar-refractivity contribution < 1.29 is 4.79 Å². The van der Waals surface area contributed by atoms with Gasteiger partial charge in [-0.3, -0.25) is 4.79 Å². The number of rotatable bonds is 0. The zero-order valence-corrected chi connectivity index (χ0v) is 8.77. The van der Waals surface area contributed by atoms with Crippen molar-refractivity contribution in [1.82, 2.24) is 0 Å². The Morgan fingerprint density at radius 1 is 1.18 bits per heavy atom. The summed E-state index contributed by atoms with van der Waals surface area (Å²) in [6.45, 7) is 0. The smallest absolute Gasteiger partial charge is 0.188 e. The predicted octanol–water partition coefficient (Wildman–Crippen LogP) is 1.82. The van der Waals surface area contributed by atoms with E-state index in [1.54, 1.807) is 18.2 Å². The summed E-state index contributed by atoms with van der Waals surface area (Å²) in [6.07, 6.45) is 2.80. The topological polar surface area (TPSA) is 90.7 Å². The molecule has 0 atom stereocenters. The first-order chi connectivity index (χ1) is 8.19. The molecule has 0 saturated carbocycles. The van der Waals surface area contributed by atoms with E-state index in [1.807, 2.05) is 12.1 Å². The summed E-state index contributed by atoms with van der Waals surface area (Å²) in [5.41, 5.74) is 7.39. The minimum absolute atomic E-state index is 0.0272. The Balaban J connectivity index is 2.82. The molecule has 0 bridgehead atoms. The number of hydrogen-bond acceptors (Lipinski definition) is 4. The summed E-state index contributed by atoms with van der Waals surface area (Å²) >= 11 is 0. The number of nitrogens with two attached hydrogens (primary N) is 1. The van der Waals surface area contributed by atoms with Crippen LogP contribution in [-0.2, 0) is 0 Å². The highest BCUT2D eigenvalue weighted by Gasteiger charge is 2.21. The second kappa shape index (κ2) is 3.96. The largest absolute Gasteiger partial charge is 0.398 e. The molecule has 2 N–H and O–H groups in total. The van der Waals surface area contributed by atoms with Crippen LogP contribution in [0.2, 0.25) is 0 Å². The second-order valence-electron chi connectivity index (χ2n) is 3.48. The molecule has 0 spiro atoms. The first-order valence-electron chi connectivity index (χ1n) is 4.84. The van der Waals surface area contributed by atoms with E-state index in [4.69, 9.17) is 16.3 Å². The van der Waals surface area contributed by atoms with E-state index in [0.29, 0.717) is 22.4 Å². The van der Waals surface area contributed by atoms with Crippen LogP contribution in [0, 0.1) is 22.7 Å². The Morgan fingerprint density at radius 2 is 1.88 bits per heavy atom. The molecular formula is C13H7N3O. The number of ketones is 1. The lowest BCUT2D eigenvalue weighted by molar-refractivity contribution is 0.104. The van der Waals surface area contributed by atoms with Gasteiger partial charge in [0.2, 0.25) is 0 Å². The molecule has 1 aliphatic carbocycles. The average Bonchev–Trinajstić information content (AvgIpc) is 2.33. The molecule has 0 fully saturated rings. The fourth-order valence-corrected chi connectivity index (χ4v) is 1.77. The van der Waals surface area contributed by atoms with E-state index in [1.165, 1.54) is 12.2 Å². The van der Waals surface area contributed by atoms with Gasteiger partial charge in [0.1, 0.15) is 17.7 Å². The van der Waals surface area contributed by atoms with Gasteiger partial charge in [-0.05, 0) is 23.8 Å². The molecule has 0 radical (unpaired) electrons. The van der Waals surface area contributed by atoms with E-state index < -0.39 is 0 Å². The Hall–Kier alpha value is -2.85. The molecule has 1 aromatic rings. The van der Waals surface area contributed by atoms with Gasteiger partial charge < -0.3 is 5.73 Å². The number of allylic oxidation sites excluding steroid dienone is 4. The van der Waals surface area contributed by atoms with Crippen LogP contribution in [0.3, 0.4) is 0 Å². The van der Waals surface area contributed by atoms with Crippen LogP contribution in [0.1, 0.15) is 15.9 Å². The van der Waals surface area contributed by atoms with Crippen molar-refractivity contribution in [3.63, 3.8) is 0 Å². The van der Waals surface area contributed by atoms with Crippen LogP contribution in [0.25, 0.3) is 5.57 Å². The minimum atomic E-state index is -0.211. The lowest BCUT2D eigenvalue weighted by Gasteiger charge is -2.14. The molecule has 4 heteroatoms. The molecule has 2 rings (SSSR count). The molecule has 1 aliphatic rings. The van der Waals surface area contributed by atoms with Crippen LogP contribution in [0.5, 0.6) is 0 Å². The first kappa shape index (κ1) is 10.7. The number of nitrogens with zero attached hydrogens (tertiary/aromatic N) is 2. The fraction of sp³-hybridized carbons (Fsp3) is 0. The standard InChI is InChI=1S/C13H7N3O/c14-6-8(7-15)9-4-5-12(17)13-10(9)2-1-3-11(13)16/h1-5H,16H2. The first-order valence-corrected chi connectivity index (χ1v) is 4.84. The van der Waals surface area contributed by atoms with Gasteiger partial charge in [-0.15, -0.1) is 0 Å². The van der Waals surface area contributed by atoms with Crippen LogP contribution in [0.4, 0.5) is 5.69 Å². The van der Waals surface area contributed by atoms with Gasteiger partial charge in [0, 0.05) is 11.3 Å². The molecule has 80 valence electrons. The van der Waals surface area contributed by atoms with E-state index in [-0.39, 0.29) is 11.4 Å². The molecule has 0 aliphatic heterocycles. The molecule has 1 aromatic carbocycles. The molecule has 0 aromatic heterocycles. The van der Waals surface area contributed by atoms with Gasteiger partial charge in [-0.1, -0.05) is 12.1 Å². The van der Waals surface area contributed by atoms with Crippen molar-refractivity contribution in [2.24, 2.45) is 0 Å². The Kier molecular flexibility index (Phi) is 2.48. The van der Waals surface area contributed by atoms with Gasteiger partial charge >= 0.3 is 0 Å². The van der Waals surface area contributed by atoms with Gasteiger partial charge in [-0.2, -0.15) is 10.5 Å². The third-order valence-corrected chi connectivity index (χ3v) is 2.53. The summed E-state index contributed by atoms with van der Waals surface area (Å²) in [5.74, 6) is -0.211. The van der Waals surface area contributed by atoms with Crippen molar-refractivity contribution in [3.8, 4) is 12.1 Å². The summed E-state index contributed by atoms with van der Waals surface area (Å²) in [5, 5.41) is 17.7. The van der Waals surface area contributed by atoms with Crippen LogP contribution < -0.4 is 5.73 Å². The van der Waals surface area contributed by atoms with Crippen molar-refractivity contribution in [2.75, 3.05) is 5.73 Å². The number of carbonyl (C=O) groups excluding carboxylic acids is 1. The van der Waals surface area contributed by atoms with Gasteiger partial charge in [0.05, 0.1) is 5.56 Å². The van der Waals surface area contributed by atoms with E-state index in [2.05, 4.69) is 0 Å². The van der Waals surface area contributed by atoms with E-state index in [0.717, 1.165) is 0 Å². The Bertz CT molecular complexity index is 638. The minimum Gasteiger partial charge on any atom is -0.398 e. The van der Waals surface area contributed by atoms with Crippen molar-refractivity contribution in [3.05, 3.63) is 47.1 Å². The lowest BCUT2D eigenvalue weighted by Crippen LogP contribution is -2.09. The SMILES string of the molecule is N#CC(C#N)=C1C=CC(=O)c2c(N)cccc21. The van der Waals surface area contributed by atoms with Crippen molar-refractivity contribution in [2.45, 2.75) is 0 Å². The molecule has 0 amide bonds. The molecule has 17 heavy (non-hydrogen) atoms. The molecular weight excluding hydrogens is 214 g/mol. The number of hydrogen-bond donors (Lipinski definition) is 1. The zero-order valence-electron chi connectivity index (χ0n) is 8.77. The number of carbonyl (C=O) groups is 1. The molecule has 4 nitrogen and oxygen atoms in total. The highest BCUT2D eigenvalue weighted by molar-refractivity contribution is 6.16. The summed E-state index contributed by atoms with van der Waals surface area (Å²) in [7, 11) is 0. The lowest BCUT2D eigenvalue weighted by atomic mass is 9.88. The number of fused-ring (bicyclic) bond motifs is 1. The van der Waals surface area contributed by atoms with Crippen molar-refractivity contribution >= 4 is 17.0 Å². The average molecular weight is 221 g/mol. The quantitative estimate of drug-likeness (QED) is 0.534. The van der Waals surface area contributed by atoms with Gasteiger partial charge in [0.15, 0.2) is 5.78 Å². The third-order valence-electron chi connectivity index (χ3n) is 2.53. The fourth-order valence-electron chi connectivity index (χ4n) is 1.77.